The molecule has 0 aliphatic carbocycles. The number of hydrogen-bond acceptors (Lipinski definition) is 3. The van der Waals surface area contributed by atoms with Crippen LogP contribution in [0.15, 0.2) is 65.1 Å². The maximum absolute atomic E-state index is 13.5. The van der Waals surface area contributed by atoms with Crippen LogP contribution in [0.5, 0.6) is 5.75 Å². The molecule has 0 heterocycles. The summed E-state index contributed by atoms with van der Waals surface area (Å²) in [6.07, 6.45) is 0.499. The van der Waals surface area contributed by atoms with E-state index in [4.69, 9.17) is 4.74 Å². The van der Waals surface area contributed by atoms with Crippen LogP contribution in [0, 0.1) is 6.92 Å². The van der Waals surface area contributed by atoms with E-state index in [2.05, 4.69) is 21.2 Å². The largest absolute Gasteiger partial charge is 0.483 e. The molecule has 34 heavy (non-hydrogen) atoms. The van der Waals surface area contributed by atoms with Gasteiger partial charge in [0, 0.05) is 12.1 Å². The van der Waals surface area contributed by atoms with Gasteiger partial charge in [-0.1, -0.05) is 67.1 Å². The number of benzene rings is 3. The summed E-state index contributed by atoms with van der Waals surface area (Å²) in [5.74, 6) is 0.190. The number of carbonyl (C=O) groups is 2. The maximum Gasteiger partial charge on any atom is 0.261 e. The van der Waals surface area contributed by atoms with E-state index in [1.807, 2.05) is 95.3 Å². The number of aryl methyl sites for hydroxylation is 1. The Hall–Kier alpha value is -2.86. The third kappa shape index (κ3) is 6.60. The van der Waals surface area contributed by atoms with Crippen LogP contribution in [0.2, 0.25) is 0 Å². The van der Waals surface area contributed by atoms with Crippen LogP contribution < -0.4 is 10.1 Å². The molecule has 3 aromatic carbocycles. The molecule has 5 nitrogen and oxygen atoms in total. The highest BCUT2D eigenvalue weighted by atomic mass is 79.9. The van der Waals surface area contributed by atoms with Gasteiger partial charge < -0.3 is 15.0 Å². The highest BCUT2D eigenvalue weighted by molar-refractivity contribution is 9.10. The monoisotopic (exact) mass is 524 g/mol. The fourth-order valence-electron chi connectivity index (χ4n) is 3.93. The first-order chi connectivity index (χ1) is 16.1. The van der Waals surface area contributed by atoms with E-state index in [9.17, 15) is 9.59 Å². The molecule has 180 valence electrons. The van der Waals surface area contributed by atoms with Crippen LogP contribution in [0.3, 0.4) is 0 Å². The number of amides is 2. The Morgan fingerprint density at radius 3 is 2.47 bits per heavy atom. The summed E-state index contributed by atoms with van der Waals surface area (Å²) in [6.45, 7) is 9.91. The molecule has 0 aliphatic heterocycles. The second-order valence-corrected chi connectivity index (χ2v) is 10.4. The minimum atomic E-state index is -0.601. The molecule has 1 N–H and O–H groups in total. The van der Waals surface area contributed by atoms with Crippen molar-refractivity contribution in [2.24, 2.45) is 0 Å². The van der Waals surface area contributed by atoms with Crippen molar-refractivity contribution in [2.45, 2.75) is 59.2 Å². The molecule has 1 atom stereocenters. The smallest absolute Gasteiger partial charge is 0.261 e. The summed E-state index contributed by atoms with van der Waals surface area (Å²) < 4.78 is 6.76. The first-order valence-corrected chi connectivity index (χ1v) is 12.4. The average Bonchev–Trinajstić information content (AvgIpc) is 2.77. The second-order valence-electron chi connectivity index (χ2n) is 9.56. The first-order valence-electron chi connectivity index (χ1n) is 11.6. The third-order valence-corrected chi connectivity index (χ3v) is 6.32. The Labute approximate surface area is 210 Å². The lowest BCUT2D eigenvalue weighted by molar-refractivity contribution is -0.143. The summed E-state index contributed by atoms with van der Waals surface area (Å²) in [5, 5.41) is 5.12. The van der Waals surface area contributed by atoms with Crippen LogP contribution >= 0.6 is 15.9 Å². The zero-order chi connectivity index (χ0) is 24.9. The van der Waals surface area contributed by atoms with Crippen molar-refractivity contribution >= 4 is 38.5 Å². The standard InChI is InChI=1S/C28H33BrN2O3/c1-6-23(27(33)30-28(3,4)5)31(17-20-11-9-10-19(2)16-20)25(32)18-34-24-15-14-21-12-7-8-13-22(21)26(24)29/h7-16,23H,6,17-18H2,1-5H3,(H,30,33)/t23-/m1/s1. The van der Waals surface area contributed by atoms with Gasteiger partial charge in [-0.3, -0.25) is 9.59 Å². The van der Waals surface area contributed by atoms with Crippen molar-refractivity contribution in [2.75, 3.05) is 6.61 Å². The molecule has 3 aromatic rings. The summed E-state index contributed by atoms with van der Waals surface area (Å²) >= 11 is 3.62. The van der Waals surface area contributed by atoms with Crippen molar-refractivity contribution in [3.8, 4) is 5.75 Å². The van der Waals surface area contributed by atoms with E-state index in [1.165, 1.54) is 0 Å². The fourth-order valence-corrected chi connectivity index (χ4v) is 4.53. The van der Waals surface area contributed by atoms with Crippen molar-refractivity contribution in [3.63, 3.8) is 0 Å². The minimum absolute atomic E-state index is 0.164. The van der Waals surface area contributed by atoms with Gasteiger partial charge in [-0.2, -0.15) is 0 Å². The van der Waals surface area contributed by atoms with Crippen LogP contribution in [0.25, 0.3) is 10.8 Å². The van der Waals surface area contributed by atoms with E-state index in [1.54, 1.807) is 4.90 Å². The van der Waals surface area contributed by atoms with Gasteiger partial charge in [0.05, 0.1) is 4.47 Å². The van der Waals surface area contributed by atoms with Gasteiger partial charge in [0.25, 0.3) is 5.91 Å². The molecule has 0 saturated heterocycles. The molecule has 0 aromatic heterocycles. The normalized spacial score (nSPS) is 12.3. The van der Waals surface area contributed by atoms with Crippen molar-refractivity contribution < 1.29 is 14.3 Å². The van der Waals surface area contributed by atoms with E-state index < -0.39 is 11.6 Å². The number of ether oxygens (including phenoxy) is 1. The molecule has 0 fully saturated rings. The number of carbonyl (C=O) groups excluding carboxylic acids is 2. The number of nitrogens with zero attached hydrogens (tertiary/aromatic N) is 1. The minimum Gasteiger partial charge on any atom is -0.483 e. The van der Waals surface area contributed by atoms with Crippen molar-refractivity contribution in [1.82, 2.24) is 10.2 Å². The highest BCUT2D eigenvalue weighted by Gasteiger charge is 2.31. The Bertz CT molecular complexity index is 1170. The van der Waals surface area contributed by atoms with Gasteiger partial charge in [0.2, 0.25) is 5.91 Å². The number of halogens is 1. The summed E-state index contributed by atoms with van der Waals surface area (Å²) in [4.78, 5) is 28.2. The molecule has 0 radical (unpaired) electrons. The van der Waals surface area contributed by atoms with Crippen LogP contribution in [0.4, 0.5) is 0 Å². The lowest BCUT2D eigenvalue weighted by Gasteiger charge is -2.33. The topological polar surface area (TPSA) is 58.6 Å². The summed E-state index contributed by atoms with van der Waals surface area (Å²) in [6, 6.07) is 19.2. The Balaban J connectivity index is 1.84. The fraction of sp³-hybridized carbons (Fsp3) is 0.357. The third-order valence-electron chi connectivity index (χ3n) is 5.50. The Morgan fingerprint density at radius 2 is 1.79 bits per heavy atom. The molecule has 6 heteroatoms. The van der Waals surface area contributed by atoms with Crippen LogP contribution in [-0.4, -0.2) is 34.9 Å². The van der Waals surface area contributed by atoms with Gasteiger partial charge in [-0.05, 0) is 72.4 Å². The highest BCUT2D eigenvalue weighted by Crippen LogP contribution is 2.33. The number of rotatable bonds is 8. The zero-order valence-corrected chi connectivity index (χ0v) is 22.1. The Morgan fingerprint density at radius 1 is 1.06 bits per heavy atom. The van der Waals surface area contributed by atoms with Crippen LogP contribution in [-0.2, 0) is 16.1 Å². The Kier molecular flexibility index (Phi) is 8.37. The molecular weight excluding hydrogens is 492 g/mol. The van der Waals surface area contributed by atoms with Gasteiger partial charge in [-0.15, -0.1) is 0 Å². The molecule has 0 bridgehead atoms. The summed E-state index contributed by atoms with van der Waals surface area (Å²) in [5.41, 5.74) is 1.69. The number of fused-ring (bicyclic) bond motifs is 1. The maximum atomic E-state index is 13.5. The van der Waals surface area contributed by atoms with Crippen molar-refractivity contribution in [1.29, 1.82) is 0 Å². The van der Waals surface area contributed by atoms with Gasteiger partial charge >= 0.3 is 0 Å². The molecule has 0 saturated carbocycles. The van der Waals surface area contributed by atoms with Gasteiger partial charge in [-0.25, -0.2) is 0 Å². The molecule has 3 rings (SSSR count). The van der Waals surface area contributed by atoms with E-state index >= 15 is 0 Å². The molecule has 0 unspecified atom stereocenters. The van der Waals surface area contributed by atoms with E-state index in [0.29, 0.717) is 18.7 Å². The number of hydrogen-bond donors (Lipinski definition) is 1. The molecule has 2 amide bonds. The predicted octanol–water partition coefficient (Wildman–Crippen LogP) is 6.01. The lowest BCUT2D eigenvalue weighted by atomic mass is 10.1. The van der Waals surface area contributed by atoms with Gasteiger partial charge in [0.15, 0.2) is 6.61 Å². The van der Waals surface area contributed by atoms with Gasteiger partial charge in [0.1, 0.15) is 11.8 Å². The summed E-state index contributed by atoms with van der Waals surface area (Å²) in [7, 11) is 0. The van der Waals surface area contributed by atoms with Crippen LogP contribution in [0.1, 0.15) is 45.2 Å². The number of nitrogens with one attached hydrogen (secondary N) is 1. The van der Waals surface area contributed by atoms with Crippen molar-refractivity contribution in [3.05, 3.63) is 76.3 Å². The predicted molar refractivity (Wildman–Crippen MR) is 141 cm³/mol. The quantitative estimate of drug-likeness (QED) is 0.392. The lowest BCUT2D eigenvalue weighted by Crippen LogP contribution is -2.54. The zero-order valence-electron chi connectivity index (χ0n) is 20.5. The van der Waals surface area contributed by atoms with E-state index in [-0.39, 0.29) is 18.4 Å². The molecule has 0 aliphatic rings. The average molecular weight is 525 g/mol. The molecular formula is C28H33BrN2O3. The molecule has 0 spiro atoms. The second kappa shape index (κ2) is 11.0. The van der Waals surface area contributed by atoms with E-state index in [0.717, 1.165) is 26.4 Å². The SMILES string of the molecule is CC[C@H](C(=O)NC(C)(C)C)N(Cc1cccc(C)c1)C(=O)COc1ccc2ccccc2c1Br. The first kappa shape index (κ1) is 25.8.